The Kier molecular flexibility index (Phi) is 9.25. The normalized spacial score (nSPS) is 16.7. The van der Waals surface area contributed by atoms with E-state index in [4.69, 9.17) is 19.8 Å². The molecule has 202 valence electrons. The number of fused-ring (bicyclic) bond motifs is 2. The molecule has 0 unspecified atom stereocenters. The Balaban J connectivity index is 0.000000286. The molecule has 1 fully saturated rings. The number of para-hydroxylation sites is 1. The van der Waals surface area contributed by atoms with E-state index in [0.717, 1.165) is 38.2 Å². The first kappa shape index (κ1) is 29.5. The molecule has 0 saturated carbocycles. The van der Waals surface area contributed by atoms with Crippen LogP contribution in [0.25, 0.3) is 0 Å². The number of halogens is 6. The maximum Gasteiger partial charge on any atom is 0.490 e. The number of carbonyl (C=O) groups excluding carboxylic acids is 1. The summed E-state index contributed by atoms with van der Waals surface area (Å²) in [7, 11) is 1.90. The summed E-state index contributed by atoms with van der Waals surface area (Å²) in [6.45, 7) is 2.81. The molecule has 0 aliphatic carbocycles. The summed E-state index contributed by atoms with van der Waals surface area (Å²) < 4.78 is 63.5. The molecular formula is C23H23F6N3O5. The molecule has 2 aliphatic heterocycles. The van der Waals surface area contributed by atoms with Gasteiger partial charge in [0.15, 0.2) is 0 Å². The first-order valence-electron chi connectivity index (χ1n) is 10.7. The molecular weight excluding hydrogens is 512 g/mol. The molecule has 0 bridgehead atoms. The van der Waals surface area contributed by atoms with E-state index in [1.54, 1.807) is 6.20 Å². The summed E-state index contributed by atoms with van der Waals surface area (Å²) in [6, 6.07) is 12.3. The number of aromatic nitrogens is 1. The molecule has 2 aromatic rings. The summed E-state index contributed by atoms with van der Waals surface area (Å²) in [5.41, 5.74) is 3.22. The summed E-state index contributed by atoms with van der Waals surface area (Å²) in [5, 5.41) is 14.2. The highest BCUT2D eigenvalue weighted by Crippen LogP contribution is 2.47. The van der Waals surface area contributed by atoms with Crippen molar-refractivity contribution in [1.82, 2.24) is 9.88 Å². The number of carboxylic acids is 2. The van der Waals surface area contributed by atoms with E-state index in [2.05, 4.69) is 34.1 Å². The Morgan fingerprint density at radius 2 is 1.46 bits per heavy atom. The Morgan fingerprint density at radius 3 is 1.92 bits per heavy atom. The maximum absolute atomic E-state index is 12.9. The Morgan fingerprint density at radius 1 is 0.946 bits per heavy atom. The topological polar surface area (TPSA) is 111 Å². The number of pyridine rings is 1. The molecule has 0 radical (unpaired) electrons. The number of rotatable bonds is 2. The minimum Gasteiger partial charge on any atom is -0.475 e. The molecule has 3 heterocycles. The molecule has 37 heavy (non-hydrogen) atoms. The van der Waals surface area contributed by atoms with Gasteiger partial charge in [0, 0.05) is 31.7 Å². The van der Waals surface area contributed by atoms with Crippen LogP contribution in [0, 0.1) is 0 Å². The van der Waals surface area contributed by atoms with Crippen LogP contribution < -0.4 is 4.90 Å². The van der Waals surface area contributed by atoms with Crippen molar-refractivity contribution in [1.29, 1.82) is 0 Å². The molecule has 1 saturated heterocycles. The predicted molar refractivity (Wildman–Crippen MR) is 118 cm³/mol. The van der Waals surface area contributed by atoms with Crippen LogP contribution in [-0.2, 0) is 26.3 Å². The standard InChI is InChI=1S/C19H21N3O.2C2HF3O2/c1-21-17-7-3-2-6-16(17)19(18(21)23)8-11-22(12-9-19)14-15-5-4-10-20-13-15;2*3-2(4,5)1(6)7/h2-7,10,13H,8-9,11-12,14H2,1H3;2*(H,6,7). The molecule has 2 aliphatic rings. The average Bonchev–Trinajstić information content (AvgIpc) is 3.03. The number of piperidine rings is 1. The fraction of sp³-hybridized carbons (Fsp3) is 0.391. The quantitative estimate of drug-likeness (QED) is 0.562. The summed E-state index contributed by atoms with van der Waals surface area (Å²) in [6.07, 6.45) is -4.65. The SMILES string of the molecule is CN1C(=O)C2(CCN(Cc3cccnc3)CC2)c2ccccc21.O=C(O)C(F)(F)F.O=C(O)C(F)(F)F. The number of likely N-dealkylation sites (tertiary alicyclic amines) is 1. The number of anilines is 1. The lowest BCUT2D eigenvalue weighted by Gasteiger charge is -2.38. The van der Waals surface area contributed by atoms with E-state index >= 15 is 0 Å². The third-order valence-electron chi connectivity index (χ3n) is 5.82. The third-order valence-corrected chi connectivity index (χ3v) is 5.82. The zero-order valence-electron chi connectivity index (χ0n) is 19.4. The lowest BCUT2D eigenvalue weighted by Crippen LogP contribution is -2.47. The average molecular weight is 535 g/mol. The third kappa shape index (κ3) is 7.41. The van der Waals surface area contributed by atoms with Crippen LogP contribution in [0.2, 0.25) is 0 Å². The van der Waals surface area contributed by atoms with E-state index in [1.165, 1.54) is 11.1 Å². The second-order valence-electron chi connectivity index (χ2n) is 8.21. The molecule has 1 aromatic carbocycles. The molecule has 1 aromatic heterocycles. The van der Waals surface area contributed by atoms with E-state index < -0.39 is 24.3 Å². The fourth-order valence-corrected chi connectivity index (χ4v) is 4.04. The lowest BCUT2D eigenvalue weighted by atomic mass is 9.73. The molecule has 14 heteroatoms. The van der Waals surface area contributed by atoms with Crippen molar-refractivity contribution >= 4 is 23.5 Å². The number of carboxylic acid groups (broad SMARTS) is 2. The van der Waals surface area contributed by atoms with Gasteiger partial charge in [0.25, 0.3) is 0 Å². The maximum atomic E-state index is 12.9. The van der Waals surface area contributed by atoms with E-state index in [9.17, 15) is 31.1 Å². The minimum atomic E-state index is -5.08. The summed E-state index contributed by atoms with van der Waals surface area (Å²) in [4.78, 5) is 39.1. The highest BCUT2D eigenvalue weighted by Gasteiger charge is 2.50. The molecule has 4 rings (SSSR count). The number of benzene rings is 1. The van der Waals surface area contributed by atoms with Crippen LogP contribution in [-0.4, -0.2) is 70.4 Å². The number of alkyl halides is 6. The Labute approximate surface area is 207 Å². The number of hydrogen-bond acceptors (Lipinski definition) is 5. The Bertz CT molecular complexity index is 1080. The van der Waals surface area contributed by atoms with Gasteiger partial charge in [-0.15, -0.1) is 0 Å². The fourth-order valence-electron chi connectivity index (χ4n) is 4.04. The summed E-state index contributed by atoms with van der Waals surface area (Å²) >= 11 is 0. The van der Waals surface area contributed by atoms with Crippen LogP contribution in [0.1, 0.15) is 24.0 Å². The second-order valence-corrected chi connectivity index (χ2v) is 8.21. The van der Waals surface area contributed by atoms with Gasteiger partial charge < -0.3 is 15.1 Å². The van der Waals surface area contributed by atoms with Gasteiger partial charge in [0.1, 0.15) is 0 Å². The highest BCUT2D eigenvalue weighted by atomic mass is 19.4. The lowest BCUT2D eigenvalue weighted by molar-refractivity contribution is -0.193. The van der Waals surface area contributed by atoms with Gasteiger partial charge in [-0.3, -0.25) is 14.7 Å². The molecule has 1 spiro atoms. The minimum absolute atomic E-state index is 0.264. The van der Waals surface area contributed by atoms with Crippen molar-refractivity contribution < 1.29 is 50.9 Å². The van der Waals surface area contributed by atoms with Crippen LogP contribution in [0.5, 0.6) is 0 Å². The number of aliphatic carboxylic acids is 2. The van der Waals surface area contributed by atoms with Gasteiger partial charge in [-0.25, -0.2) is 9.59 Å². The van der Waals surface area contributed by atoms with Gasteiger partial charge in [-0.1, -0.05) is 24.3 Å². The summed E-state index contributed by atoms with van der Waals surface area (Å²) in [5.74, 6) is -5.25. The number of amides is 1. The molecule has 2 N–H and O–H groups in total. The van der Waals surface area contributed by atoms with E-state index in [1.807, 2.05) is 30.3 Å². The number of likely N-dealkylation sites (N-methyl/N-ethyl adjacent to an activating group) is 1. The molecule has 0 atom stereocenters. The highest BCUT2D eigenvalue weighted by molar-refractivity contribution is 6.07. The van der Waals surface area contributed by atoms with Crippen LogP contribution >= 0.6 is 0 Å². The van der Waals surface area contributed by atoms with Crippen molar-refractivity contribution in [2.24, 2.45) is 0 Å². The molecule has 8 nitrogen and oxygen atoms in total. The smallest absolute Gasteiger partial charge is 0.475 e. The van der Waals surface area contributed by atoms with Crippen LogP contribution in [0.4, 0.5) is 32.0 Å². The van der Waals surface area contributed by atoms with Gasteiger partial charge in [0.05, 0.1) is 5.41 Å². The van der Waals surface area contributed by atoms with Crippen LogP contribution in [0.3, 0.4) is 0 Å². The number of nitrogens with zero attached hydrogens (tertiary/aromatic N) is 3. The first-order chi connectivity index (χ1) is 17.1. The van der Waals surface area contributed by atoms with Crippen molar-refractivity contribution in [3.8, 4) is 0 Å². The number of carbonyl (C=O) groups is 3. The monoisotopic (exact) mass is 535 g/mol. The second kappa shape index (κ2) is 11.6. The van der Waals surface area contributed by atoms with E-state index in [-0.39, 0.29) is 11.3 Å². The first-order valence-corrected chi connectivity index (χ1v) is 10.7. The van der Waals surface area contributed by atoms with Gasteiger partial charge >= 0.3 is 24.3 Å². The van der Waals surface area contributed by atoms with Crippen molar-refractivity contribution in [2.75, 3.05) is 25.0 Å². The van der Waals surface area contributed by atoms with Gasteiger partial charge in [-0.2, -0.15) is 26.3 Å². The largest absolute Gasteiger partial charge is 0.490 e. The van der Waals surface area contributed by atoms with Gasteiger partial charge in [-0.05, 0) is 49.2 Å². The van der Waals surface area contributed by atoms with E-state index in [0.29, 0.717) is 0 Å². The van der Waals surface area contributed by atoms with Crippen LogP contribution in [0.15, 0.2) is 48.8 Å². The predicted octanol–water partition coefficient (Wildman–Crippen LogP) is 3.86. The molecule has 1 amide bonds. The zero-order chi connectivity index (χ0) is 28.0. The van der Waals surface area contributed by atoms with Crippen molar-refractivity contribution in [2.45, 2.75) is 37.2 Å². The van der Waals surface area contributed by atoms with Crippen molar-refractivity contribution in [3.05, 3.63) is 59.9 Å². The Hall–Kier alpha value is -3.68. The zero-order valence-corrected chi connectivity index (χ0v) is 19.4. The number of hydrogen-bond donors (Lipinski definition) is 2. The van der Waals surface area contributed by atoms with Gasteiger partial charge in [0.2, 0.25) is 5.91 Å². The van der Waals surface area contributed by atoms with Crippen molar-refractivity contribution in [3.63, 3.8) is 0 Å².